The van der Waals surface area contributed by atoms with Crippen molar-refractivity contribution in [2.45, 2.75) is 31.6 Å². The van der Waals surface area contributed by atoms with Crippen molar-refractivity contribution in [3.05, 3.63) is 77.0 Å². The fourth-order valence-electron chi connectivity index (χ4n) is 4.53. The van der Waals surface area contributed by atoms with E-state index in [0.717, 1.165) is 24.3 Å². The van der Waals surface area contributed by atoms with Gasteiger partial charge in [-0.3, -0.25) is 9.78 Å². The standard InChI is InChI=1S/C26H27F3N4O4/c1-13-10-33(11-19(30)26(13)37)21-4-5-31-9-15(21)8-22(35)20-3-2-16(27)25(32-20)24-17(28)6-14(7-18(24)29)23(36)12-34/h2-7,9,13,19,23,26,34,36-37H,8,10-12,30H2,1H3/t13-,19+,23+,26+/m0/s1. The van der Waals surface area contributed by atoms with Crippen molar-refractivity contribution < 1.29 is 33.3 Å². The highest BCUT2D eigenvalue weighted by molar-refractivity contribution is 5.97. The molecule has 196 valence electrons. The number of pyridine rings is 2. The van der Waals surface area contributed by atoms with Crippen LogP contribution in [0.3, 0.4) is 0 Å². The molecule has 0 amide bonds. The Balaban J connectivity index is 1.63. The molecular formula is C26H27F3N4O4. The van der Waals surface area contributed by atoms with Crippen molar-refractivity contribution in [3.63, 3.8) is 0 Å². The number of benzene rings is 1. The van der Waals surface area contributed by atoms with Crippen molar-refractivity contribution >= 4 is 11.5 Å². The first-order chi connectivity index (χ1) is 17.6. The summed E-state index contributed by atoms with van der Waals surface area (Å²) in [5.41, 5.74) is 5.42. The van der Waals surface area contributed by atoms with Crippen LogP contribution in [0.4, 0.5) is 18.9 Å². The van der Waals surface area contributed by atoms with Crippen LogP contribution in [-0.2, 0) is 6.42 Å². The first-order valence-corrected chi connectivity index (χ1v) is 11.7. The molecule has 1 fully saturated rings. The third-order valence-corrected chi connectivity index (χ3v) is 6.52. The SMILES string of the molecule is C[C@H]1CN(c2ccncc2CC(=O)c2ccc(F)c(-c3c(F)cc([C@H](O)CO)cc3F)n2)C[C@@H](N)[C@@H]1O. The summed E-state index contributed by atoms with van der Waals surface area (Å²) in [6, 6.07) is 4.84. The van der Waals surface area contributed by atoms with Gasteiger partial charge in [0.05, 0.1) is 18.3 Å². The van der Waals surface area contributed by atoms with Crippen molar-refractivity contribution in [1.29, 1.82) is 0 Å². The van der Waals surface area contributed by atoms with Gasteiger partial charge >= 0.3 is 0 Å². The number of ketones is 1. The Morgan fingerprint density at radius 1 is 1.16 bits per heavy atom. The molecule has 8 nitrogen and oxygen atoms in total. The number of rotatable bonds is 7. The predicted molar refractivity (Wildman–Crippen MR) is 129 cm³/mol. The number of aromatic nitrogens is 2. The van der Waals surface area contributed by atoms with E-state index in [9.17, 15) is 28.2 Å². The zero-order valence-electron chi connectivity index (χ0n) is 20.0. The summed E-state index contributed by atoms with van der Waals surface area (Å²) in [7, 11) is 0. The summed E-state index contributed by atoms with van der Waals surface area (Å²) >= 11 is 0. The van der Waals surface area contributed by atoms with Gasteiger partial charge in [-0.05, 0) is 35.9 Å². The molecule has 3 aromatic rings. The number of aliphatic hydroxyl groups excluding tert-OH is 3. The summed E-state index contributed by atoms with van der Waals surface area (Å²) in [4.78, 5) is 23.1. The van der Waals surface area contributed by atoms with Gasteiger partial charge in [0.25, 0.3) is 0 Å². The van der Waals surface area contributed by atoms with Crippen molar-refractivity contribution in [2.24, 2.45) is 11.7 Å². The molecular weight excluding hydrogens is 489 g/mol. The van der Waals surface area contributed by atoms with Crippen molar-refractivity contribution in [2.75, 3.05) is 24.6 Å². The van der Waals surface area contributed by atoms with Gasteiger partial charge in [-0.15, -0.1) is 0 Å². The fraction of sp³-hybridized carbons (Fsp3) is 0.346. The number of piperidine rings is 1. The Labute approximate surface area is 211 Å². The van der Waals surface area contributed by atoms with Crippen LogP contribution in [-0.4, -0.2) is 62.9 Å². The second kappa shape index (κ2) is 10.9. The van der Waals surface area contributed by atoms with Crippen LogP contribution in [0, 0.1) is 23.4 Å². The van der Waals surface area contributed by atoms with Crippen LogP contribution in [0.5, 0.6) is 0 Å². The number of hydrogen-bond donors (Lipinski definition) is 4. The molecule has 0 unspecified atom stereocenters. The molecule has 1 aliphatic heterocycles. The molecule has 37 heavy (non-hydrogen) atoms. The van der Waals surface area contributed by atoms with E-state index >= 15 is 0 Å². The number of aliphatic hydroxyl groups is 3. The first kappa shape index (κ1) is 26.7. The second-order valence-electron chi connectivity index (χ2n) is 9.23. The van der Waals surface area contributed by atoms with Gasteiger partial charge < -0.3 is 26.0 Å². The Kier molecular flexibility index (Phi) is 7.88. The van der Waals surface area contributed by atoms with Crippen LogP contribution >= 0.6 is 0 Å². The van der Waals surface area contributed by atoms with E-state index in [1.165, 1.54) is 6.20 Å². The lowest BCUT2D eigenvalue weighted by Gasteiger charge is -2.40. The molecule has 0 saturated carbocycles. The highest BCUT2D eigenvalue weighted by Crippen LogP contribution is 2.31. The summed E-state index contributed by atoms with van der Waals surface area (Å²) < 4.78 is 44.1. The largest absolute Gasteiger partial charge is 0.393 e. The van der Waals surface area contributed by atoms with Crippen LogP contribution in [0.1, 0.15) is 34.6 Å². The molecule has 4 atom stereocenters. The minimum absolute atomic E-state index is 0.100. The van der Waals surface area contributed by atoms with E-state index in [0.29, 0.717) is 24.3 Å². The second-order valence-corrected chi connectivity index (χ2v) is 9.23. The van der Waals surface area contributed by atoms with Gasteiger partial charge in [0.2, 0.25) is 0 Å². The Bertz CT molecular complexity index is 1270. The topological polar surface area (TPSA) is 133 Å². The predicted octanol–water partition coefficient (Wildman–Crippen LogP) is 2.16. The Morgan fingerprint density at radius 3 is 2.51 bits per heavy atom. The zero-order chi connectivity index (χ0) is 26.9. The third kappa shape index (κ3) is 5.49. The number of nitrogens with zero attached hydrogens (tertiary/aromatic N) is 3. The maximum atomic E-state index is 14.7. The van der Waals surface area contributed by atoms with Crippen LogP contribution in [0.2, 0.25) is 0 Å². The molecule has 1 aliphatic rings. The van der Waals surface area contributed by atoms with Gasteiger partial charge in [0.15, 0.2) is 5.78 Å². The number of anilines is 1. The monoisotopic (exact) mass is 516 g/mol. The molecule has 1 saturated heterocycles. The Morgan fingerprint density at radius 2 is 1.86 bits per heavy atom. The average Bonchev–Trinajstić information content (AvgIpc) is 2.87. The van der Waals surface area contributed by atoms with E-state index < -0.39 is 59.3 Å². The number of Topliss-reactive ketones (excluding diaryl/α,β-unsaturated/α-hetero) is 1. The highest BCUT2D eigenvalue weighted by atomic mass is 19.1. The maximum Gasteiger partial charge on any atom is 0.185 e. The lowest BCUT2D eigenvalue weighted by atomic mass is 9.92. The molecule has 0 bridgehead atoms. The van der Waals surface area contributed by atoms with Crippen LogP contribution in [0.15, 0.2) is 42.7 Å². The van der Waals surface area contributed by atoms with E-state index in [2.05, 4.69) is 9.97 Å². The van der Waals surface area contributed by atoms with Crippen LogP contribution in [0.25, 0.3) is 11.3 Å². The fourth-order valence-corrected chi connectivity index (χ4v) is 4.53. The third-order valence-electron chi connectivity index (χ3n) is 6.52. The first-order valence-electron chi connectivity index (χ1n) is 11.7. The number of carbonyl (C=O) groups is 1. The molecule has 3 heterocycles. The average molecular weight is 517 g/mol. The van der Waals surface area contributed by atoms with E-state index in [1.807, 2.05) is 11.8 Å². The van der Waals surface area contributed by atoms with Gasteiger partial charge in [0, 0.05) is 55.1 Å². The molecule has 2 aromatic heterocycles. The number of carbonyl (C=O) groups excluding carboxylic acids is 1. The number of hydrogen-bond acceptors (Lipinski definition) is 8. The maximum absolute atomic E-state index is 14.7. The van der Waals surface area contributed by atoms with E-state index in [1.54, 1.807) is 12.3 Å². The highest BCUT2D eigenvalue weighted by Gasteiger charge is 2.32. The molecule has 4 rings (SSSR count). The van der Waals surface area contributed by atoms with Crippen molar-refractivity contribution in [3.8, 4) is 11.3 Å². The summed E-state index contributed by atoms with van der Waals surface area (Å²) in [5.74, 6) is -4.08. The number of halogens is 3. The smallest absolute Gasteiger partial charge is 0.185 e. The lowest BCUT2D eigenvalue weighted by Crippen LogP contribution is -2.55. The van der Waals surface area contributed by atoms with Gasteiger partial charge in [-0.2, -0.15) is 0 Å². The quantitative estimate of drug-likeness (QED) is 0.351. The van der Waals surface area contributed by atoms with Crippen LogP contribution < -0.4 is 10.6 Å². The van der Waals surface area contributed by atoms with E-state index in [4.69, 9.17) is 10.8 Å². The van der Waals surface area contributed by atoms with Gasteiger partial charge in [0.1, 0.15) is 34.9 Å². The summed E-state index contributed by atoms with van der Waals surface area (Å²) in [6.07, 6.45) is 0.756. The minimum Gasteiger partial charge on any atom is -0.393 e. The summed E-state index contributed by atoms with van der Waals surface area (Å²) in [5, 5.41) is 28.9. The van der Waals surface area contributed by atoms with Gasteiger partial charge in [-0.25, -0.2) is 18.2 Å². The molecule has 5 N–H and O–H groups in total. The van der Waals surface area contributed by atoms with Crippen molar-refractivity contribution in [1.82, 2.24) is 9.97 Å². The molecule has 0 radical (unpaired) electrons. The summed E-state index contributed by atoms with van der Waals surface area (Å²) in [6.45, 7) is 2.00. The van der Waals surface area contributed by atoms with E-state index in [-0.39, 0.29) is 23.6 Å². The lowest BCUT2D eigenvalue weighted by molar-refractivity contribution is 0.0784. The normalized spacial score (nSPS) is 20.6. The zero-order valence-corrected chi connectivity index (χ0v) is 20.0. The Hall–Kier alpha value is -3.38. The number of nitrogens with two attached hydrogens (primary N) is 1. The molecule has 11 heteroatoms. The molecule has 1 aromatic carbocycles. The molecule has 0 spiro atoms. The van der Waals surface area contributed by atoms with Gasteiger partial charge in [-0.1, -0.05) is 6.92 Å². The minimum atomic E-state index is -1.52. The molecule has 0 aliphatic carbocycles.